The lowest BCUT2D eigenvalue weighted by molar-refractivity contribution is 0.133. The predicted molar refractivity (Wildman–Crippen MR) is 113 cm³/mol. The Morgan fingerprint density at radius 2 is 1.68 bits per heavy atom. The summed E-state index contributed by atoms with van der Waals surface area (Å²) in [6, 6.07) is 21.1. The minimum atomic E-state index is -0.426. The van der Waals surface area contributed by atoms with E-state index in [1.165, 1.54) is 0 Å². The van der Waals surface area contributed by atoms with E-state index in [2.05, 4.69) is 6.92 Å². The van der Waals surface area contributed by atoms with Gasteiger partial charge in [-0.3, -0.25) is 4.79 Å². The fourth-order valence-electron chi connectivity index (χ4n) is 4.09. The molecule has 4 rings (SSSR count). The van der Waals surface area contributed by atoms with Gasteiger partial charge >= 0.3 is 0 Å². The smallest absolute Gasteiger partial charge is 0.267 e. The quantitative estimate of drug-likeness (QED) is 0.701. The van der Waals surface area contributed by atoms with Gasteiger partial charge in [0.05, 0.1) is 11.2 Å². The summed E-state index contributed by atoms with van der Waals surface area (Å²) in [5.41, 5.74) is 8.75. The highest BCUT2D eigenvalue weighted by molar-refractivity contribution is 6.30. The Kier molecular flexibility index (Phi) is 4.86. The van der Waals surface area contributed by atoms with Gasteiger partial charge in [0.2, 0.25) is 0 Å². The molecule has 4 nitrogen and oxygen atoms in total. The number of nitrogens with two attached hydrogens (primary N) is 1. The molecule has 1 aliphatic carbocycles. The lowest BCUT2D eigenvalue weighted by Crippen LogP contribution is -2.49. The van der Waals surface area contributed by atoms with Gasteiger partial charge in [-0.05, 0) is 56.4 Å². The highest BCUT2D eigenvalue weighted by Crippen LogP contribution is 2.42. The first-order valence-corrected chi connectivity index (χ1v) is 9.99. The number of halogens is 1. The Morgan fingerprint density at radius 1 is 0.964 bits per heavy atom. The fourth-order valence-corrected chi connectivity index (χ4v) is 4.28. The highest BCUT2D eigenvalue weighted by Gasteiger charge is 2.41. The maximum atomic E-state index is 12.6. The van der Waals surface area contributed by atoms with Crippen LogP contribution in [0.1, 0.15) is 38.2 Å². The van der Waals surface area contributed by atoms with Crippen LogP contribution in [-0.4, -0.2) is 9.78 Å². The van der Waals surface area contributed by atoms with Crippen LogP contribution in [0, 0.1) is 0 Å². The largest absolute Gasteiger partial charge is 0.321 e. The number of hydrogen-bond acceptors (Lipinski definition) is 3. The van der Waals surface area contributed by atoms with Gasteiger partial charge in [0.25, 0.3) is 5.56 Å². The van der Waals surface area contributed by atoms with Crippen LogP contribution < -0.4 is 11.3 Å². The molecule has 0 amide bonds. The zero-order valence-electron chi connectivity index (χ0n) is 15.9. The van der Waals surface area contributed by atoms with Gasteiger partial charge in [-0.2, -0.15) is 5.10 Å². The maximum Gasteiger partial charge on any atom is 0.267 e. The third-order valence-electron chi connectivity index (χ3n) is 6.00. The monoisotopic (exact) mass is 393 g/mol. The fraction of sp³-hybridized carbons (Fsp3) is 0.304. The average molecular weight is 394 g/mol. The minimum Gasteiger partial charge on any atom is -0.321 e. The van der Waals surface area contributed by atoms with Crippen molar-refractivity contribution in [1.29, 1.82) is 0 Å². The molecule has 2 aromatic carbocycles. The normalized spacial score (nSPS) is 24.8. The van der Waals surface area contributed by atoms with Gasteiger partial charge in [0.1, 0.15) is 0 Å². The van der Waals surface area contributed by atoms with E-state index in [0.29, 0.717) is 5.02 Å². The summed E-state index contributed by atoms with van der Waals surface area (Å²) in [4.78, 5) is 12.6. The first-order valence-electron chi connectivity index (χ1n) is 9.61. The van der Waals surface area contributed by atoms with E-state index >= 15 is 0 Å². The number of nitrogens with zero attached hydrogens (tertiary/aromatic N) is 2. The second-order valence-corrected chi connectivity index (χ2v) is 8.43. The van der Waals surface area contributed by atoms with Gasteiger partial charge in [-0.25, -0.2) is 4.68 Å². The molecule has 0 atom stereocenters. The minimum absolute atomic E-state index is 0.0746. The zero-order chi connectivity index (χ0) is 19.8. The summed E-state index contributed by atoms with van der Waals surface area (Å²) in [5, 5.41) is 5.41. The molecule has 0 bridgehead atoms. The SMILES string of the molecule is CC1(n2nc(-c3ccccc3)ccc2=O)CCC(N)(c2cccc(Cl)c2)CC1. The topological polar surface area (TPSA) is 60.9 Å². The van der Waals surface area contributed by atoms with Crippen molar-refractivity contribution >= 4 is 11.6 Å². The third-order valence-corrected chi connectivity index (χ3v) is 6.24. The van der Waals surface area contributed by atoms with E-state index in [1.807, 2.05) is 54.6 Å². The van der Waals surface area contributed by atoms with E-state index < -0.39 is 5.54 Å². The van der Waals surface area contributed by atoms with Gasteiger partial charge in [-0.1, -0.05) is 54.1 Å². The second-order valence-electron chi connectivity index (χ2n) is 8.00. The van der Waals surface area contributed by atoms with Crippen LogP contribution in [0.2, 0.25) is 5.02 Å². The summed E-state index contributed by atoms with van der Waals surface area (Å²) >= 11 is 6.16. The molecule has 1 saturated carbocycles. The molecule has 144 valence electrons. The zero-order valence-corrected chi connectivity index (χ0v) is 16.7. The lowest BCUT2D eigenvalue weighted by atomic mass is 9.70. The highest BCUT2D eigenvalue weighted by atomic mass is 35.5. The number of rotatable bonds is 3. The Balaban J connectivity index is 1.63. The Hall–Kier alpha value is -2.43. The Bertz CT molecular complexity index is 1040. The number of aromatic nitrogens is 2. The van der Waals surface area contributed by atoms with Crippen LogP contribution in [0.15, 0.2) is 71.5 Å². The molecule has 0 radical (unpaired) electrons. The van der Waals surface area contributed by atoms with Crippen molar-refractivity contribution in [2.45, 2.75) is 43.7 Å². The molecular weight excluding hydrogens is 370 g/mol. The molecule has 1 fully saturated rings. The van der Waals surface area contributed by atoms with Crippen LogP contribution in [0.3, 0.4) is 0 Å². The van der Waals surface area contributed by atoms with Gasteiger partial charge in [-0.15, -0.1) is 0 Å². The molecule has 0 aliphatic heterocycles. The van der Waals surface area contributed by atoms with E-state index in [1.54, 1.807) is 16.8 Å². The molecule has 0 saturated heterocycles. The number of benzene rings is 2. The Morgan fingerprint density at radius 3 is 2.36 bits per heavy atom. The first kappa shape index (κ1) is 18.9. The molecule has 5 heteroatoms. The van der Waals surface area contributed by atoms with E-state index in [9.17, 15) is 4.79 Å². The molecule has 0 spiro atoms. The van der Waals surface area contributed by atoms with Crippen LogP contribution in [0.4, 0.5) is 0 Å². The van der Waals surface area contributed by atoms with Crippen molar-refractivity contribution in [3.05, 3.63) is 87.7 Å². The van der Waals surface area contributed by atoms with Crippen molar-refractivity contribution in [1.82, 2.24) is 9.78 Å². The summed E-state index contributed by atoms with van der Waals surface area (Å²) < 4.78 is 1.66. The summed E-state index contributed by atoms with van der Waals surface area (Å²) in [6.07, 6.45) is 3.10. The summed E-state index contributed by atoms with van der Waals surface area (Å²) in [7, 11) is 0. The Labute approximate surface area is 170 Å². The first-order chi connectivity index (χ1) is 13.4. The summed E-state index contributed by atoms with van der Waals surface area (Å²) in [6.45, 7) is 2.10. The molecule has 1 aromatic heterocycles. The summed E-state index contributed by atoms with van der Waals surface area (Å²) in [5.74, 6) is 0. The van der Waals surface area contributed by atoms with Crippen molar-refractivity contribution < 1.29 is 0 Å². The van der Waals surface area contributed by atoms with Crippen molar-refractivity contribution in [2.75, 3.05) is 0 Å². The standard InChI is InChI=1S/C23H24ClN3O/c1-22(12-14-23(25,15-13-22)18-8-5-9-19(24)16-18)27-21(28)11-10-20(26-27)17-6-3-2-4-7-17/h2-11,16H,12-15,25H2,1H3. The van der Waals surface area contributed by atoms with Gasteiger partial charge in [0.15, 0.2) is 0 Å². The van der Waals surface area contributed by atoms with E-state index in [-0.39, 0.29) is 11.1 Å². The molecular formula is C23H24ClN3O. The van der Waals surface area contributed by atoms with Gasteiger partial charge in [0, 0.05) is 22.2 Å². The van der Waals surface area contributed by atoms with Crippen molar-refractivity contribution in [3.8, 4) is 11.3 Å². The lowest BCUT2D eigenvalue weighted by Gasteiger charge is -2.43. The van der Waals surface area contributed by atoms with E-state index in [0.717, 1.165) is 42.5 Å². The van der Waals surface area contributed by atoms with Gasteiger partial charge < -0.3 is 5.73 Å². The molecule has 1 aliphatic rings. The van der Waals surface area contributed by atoms with Crippen LogP contribution in [-0.2, 0) is 11.1 Å². The van der Waals surface area contributed by atoms with Crippen molar-refractivity contribution in [3.63, 3.8) is 0 Å². The predicted octanol–water partition coefficient (Wildman–Crippen LogP) is 4.71. The van der Waals surface area contributed by atoms with E-state index in [4.69, 9.17) is 22.4 Å². The molecule has 3 aromatic rings. The van der Waals surface area contributed by atoms with Crippen molar-refractivity contribution in [2.24, 2.45) is 5.73 Å². The molecule has 2 N–H and O–H groups in total. The van der Waals surface area contributed by atoms with Crippen LogP contribution >= 0.6 is 11.6 Å². The second kappa shape index (κ2) is 7.19. The number of hydrogen-bond donors (Lipinski definition) is 1. The van der Waals surface area contributed by atoms with Crippen LogP contribution in [0.5, 0.6) is 0 Å². The third kappa shape index (κ3) is 3.50. The van der Waals surface area contributed by atoms with Crippen LogP contribution in [0.25, 0.3) is 11.3 Å². The average Bonchev–Trinajstić information content (AvgIpc) is 2.71. The maximum absolute atomic E-state index is 12.6. The molecule has 1 heterocycles. The molecule has 28 heavy (non-hydrogen) atoms. The molecule has 0 unspecified atom stereocenters.